The van der Waals surface area contributed by atoms with Gasteiger partial charge in [0.25, 0.3) is 0 Å². The number of hydrogen-bond acceptors (Lipinski definition) is 4. The minimum atomic E-state index is -2.31. The van der Waals surface area contributed by atoms with Gasteiger partial charge in [-0.3, -0.25) is 0 Å². The Morgan fingerprint density at radius 2 is 1.43 bits per heavy atom. The van der Waals surface area contributed by atoms with Crippen LogP contribution in [0.1, 0.15) is 104 Å². The fourth-order valence-electron chi connectivity index (χ4n) is 5.71. The first kappa shape index (κ1) is 32.6. The molecule has 1 aromatic rings. The van der Waals surface area contributed by atoms with Gasteiger partial charge in [-0.05, 0) is 12.1 Å². The van der Waals surface area contributed by atoms with Crippen LogP contribution < -0.4 is 4.74 Å². The van der Waals surface area contributed by atoms with E-state index in [1.165, 1.54) is 64.7 Å². The van der Waals surface area contributed by atoms with E-state index in [1.807, 2.05) is 38.1 Å². The van der Waals surface area contributed by atoms with Crippen molar-refractivity contribution in [1.29, 1.82) is 0 Å². The van der Waals surface area contributed by atoms with Crippen LogP contribution in [0, 0.1) is 0 Å². The van der Waals surface area contributed by atoms with Crippen LogP contribution in [0.15, 0.2) is 34.4 Å². The Bertz CT molecular complexity index is 739. The average molecular weight is 624 g/mol. The summed E-state index contributed by atoms with van der Waals surface area (Å²) < 4.78 is 30.1. The van der Waals surface area contributed by atoms with Crippen molar-refractivity contribution in [2.24, 2.45) is 0 Å². The van der Waals surface area contributed by atoms with E-state index in [2.05, 4.69) is 20.8 Å². The Balaban J connectivity index is 1.86. The molecule has 1 aliphatic rings. The molecule has 0 N–H and O–H groups in total. The van der Waals surface area contributed by atoms with Crippen LogP contribution in [0.3, 0.4) is 0 Å². The summed E-state index contributed by atoms with van der Waals surface area (Å²) in [5.74, 6) is 0.317. The molecule has 1 saturated heterocycles. The van der Waals surface area contributed by atoms with Gasteiger partial charge < -0.3 is 4.74 Å². The molecule has 2 rings (SSSR count). The zero-order valence-electron chi connectivity index (χ0n) is 24.9. The first-order chi connectivity index (χ1) is 17.8. The second-order valence-electron chi connectivity index (χ2n) is 11.5. The fraction of sp³-hybridized carbons (Fsp3) is 0.750. The third-order valence-electron chi connectivity index (χ3n) is 7.99. The molecule has 2 atom stereocenters. The molecule has 0 aromatic heterocycles. The summed E-state index contributed by atoms with van der Waals surface area (Å²) in [7, 11) is 1.69. The first-order valence-corrected chi connectivity index (χ1v) is 22.5. The van der Waals surface area contributed by atoms with E-state index in [-0.39, 0.29) is 12.2 Å². The Kier molecular flexibility index (Phi) is 15.2. The number of ether oxygens (including phenoxy) is 4. The van der Waals surface area contributed by atoms with Crippen LogP contribution >= 0.6 is 0 Å². The monoisotopic (exact) mass is 624 g/mol. The number of unbranched alkanes of at least 4 members (excludes halogenated alkanes) is 4. The number of rotatable bonds is 20. The van der Waals surface area contributed by atoms with Crippen LogP contribution in [0.5, 0.6) is 5.75 Å². The molecule has 0 saturated carbocycles. The maximum absolute atomic E-state index is 6.30. The Labute approximate surface area is 232 Å². The van der Waals surface area contributed by atoms with Gasteiger partial charge in [0, 0.05) is 0 Å². The summed E-state index contributed by atoms with van der Waals surface area (Å²) in [5.41, 5.74) is 1.14. The summed E-state index contributed by atoms with van der Waals surface area (Å²) in [4.78, 5) is 0. The second-order valence-corrected chi connectivity index (χ2v) is 25.1. The van der Waals surface area contributed by atoms with E-state index >= 15 is 0 Å². The van der Waals surface area contributed by atoms with Crippen LogP contribution in [0.4, 0.5) is 0 Å². The van der Waals surface area contributed by atoms with Crippen LogP contribution in [0.25, 0.3) is 0 Å². The molecule has 1 aliphatic heterocycles. The van der Waals surface area contributed by atoms with Crippen molar-refractivity contribution >= 4 is 18.4 Å². The topological polar surface area (TPSA) is 36.9 Å². The van der Waals surface area contributed by atoms with Crippen molar-refractivity contribution in [3.8, 4) is 5.75 Å². The second kappa shape index (κ2) is 17.2. The quantitative estimate of drug-likeness (QED) is 0.107. The minimum absolute atomic E-state index is 0.0200. The molecule has 0 radical (unpaired) electrons. The summed E-state index contributed by atoms with van der Waals surface area (Å²) >= 11 is -2.31. The molecule has 4 nitrogen and oxygen atoms in total. The standard InChI is InChI=1S/C20H29O4.3C4H9.Sn/c1-5-6-7-8-9-18-19(24-20(2,3)23-18)15-22-14-16-10-12-17(21-4)13-11-16;3*1-3-4-2;/h10-13,18-19H,1,6-9,14-15H2,2-4H3;3*1,3-4H2,2H3;/t18-,19-;;;;/m0..../s1. The number of hydrogen-bond donors (Lipinski definition) is 0. The number of methoxy groups -OCH3 is 1. The molecule has 0 aliphatic carbocycles. The molecular weight excluding hydrogens is 567 g/mol. The molecular formula is C32H56O4Sn. The molecule has 0 unspecified atom stereocenters. The van der Waals surface area contributed by atoms with E-state index in [0.717, 1.165) is 24.2 Å². The van der Waals surface area contributed by atoms with Crippen molar-refractivity contribution in [2.45, 2.75) is 137 Å². The van der Waals surface area contributed by atoms with Crippen molar-refractivity contribution in [3.05, 3.63) is 40.0 Å². The molecule has 212 valence electrons. The molecule has 0 bridgehead atoms. The summed E-state index contributed by atoms with van der Waals surface area (Å²) in [6, 6.07) is 8.04. The average Bonchev–Trinajstić information content (AvgIpc) is 3.19. The van der Waals surface area contributed by atoms with Gasteiger partial charge in [0.1, 0.15) is 5.75 Å². The third-order valence-corrected chi connectivity index (χ3v) is 24.2. The first-order valence-electron chi connectivity index (χ1n) is 15.0. The van der Waals surface area contributed by atoms with Crippen LogP contribution in [-0.4, -0.2) is 50.1 Å². The van der Waals surface area contributed by atoms with E-state index < -0.39 is 24.2 Å². The number of benzene rings is 1. The predicted molar refractivity (Wildman–Crippen MR) is 159 cm³/mol. The van der Waals surface area contributed by atoms with Crippen LogP contribution in [-0.2, 0) is 20.8 Å². The normalized spacial score (nSPS) is 19.3. The van der Waals surface area contributed by atoms with E-state index in [0.29, 0.717) is 13.2 Å². The molecule has 1 aromatic carbocycles. The molecule has 0 spiro atoms. The summed E-state index contributed by atoms with van der Waals surface area (Å²) in [5, 5.41) is 0. The predicted octanol–water partition coefficient (Wildman–Crippen LogP) is 9.24. The van der Waals surface area contributed by atoms with E-state index in [9.17, 15) is 0 Å². The van der Waals surface area contributed by atoms with Crippen molar-refractivity contribution in [3.63, 3.8) is 0 Å². The van der Waals surface area contributed by atoms with Gasteiger partial charge in [0.05, 0.1) is 7.11 Å². The summed E-state index contributed by atoms with van der Waals surface area (Å²) in [6.07, 6.45) is 12.9. The molecule has 1 heterocycles. The Morgan fingerprint density at radius 1 is 0.865 bits per heavy atom. The van der Waals surface area contributed by atoms with Gasteiger partial charge in [-0.25, -0.2) is 0 Å². The van der Waals surface area contributed by atoms with Crippen LogP contribution in [0.2, 0.25) is 13.3 Å². The third kappa shape index (κ3) is 11.2. The van der Waals surface area contributed by atoms with Gasteiger partial charge >= 0.3 is 204 Å². The van der Waals surface area contributed by atoms with E-state index in [1.54, 1.807) is 10.7 Å². The summed E-state index contributed by atoms with van der Waals surface area (Å²) in [6.45, 7) is 17.0. The molecule has 0 amide bonds. The number of allylic oxidation sites excluding steroid dienone is 1. The Morgan fingerprint density at radius 3 is 1.97 bits per heavy atom. The Hall–Kier alpha value is -0.561. The molecule has 37 heavy (non-hydrogen) atoms. The van der Waals surface area contributed by atoms with E-state index in [4.69, 9.17) is 25.5 Å². The van der Waals surface area contributed by atoms with Gasteiger partial charge in [0.15, 0.2) is 0 Å². The van der Waals surface area contributed by atoms with Gasteiger partial charge in [0.2, 0.25) is 0 Å². The zero-order valence-corrected chi connectivity index (χ0v) is 27.8. The van der Waals surface area contributed by atoms with Crippen molar-refractivity contribution in [2.75, 3.05) is 13.7 Å². The van der Waals surface area contributed by atoms with Crippen molar-refractivity contribution < 1.29 is 18.9 Å². The van der Waals surface area contributed by atoms with Gasteiger partial charge in [-0.1, -0.05) is 0 Å². The maximum atomic E-state index is 6.30. The van der Waals surface area contributed by atoms with Gasteiger partial charge in [-0.2, -0.15) is 0 Å². The SMILES string of the molecule is C=[C](CCCC[C@@H]1OC(C)(C)O[C@H]1COCc1ccc(OC)cc1)[Sn]([CH2]CCC)([CH2]CCC)[CH2]CCC. The zero-order chi connectivity index (χ0) is 27.2. The molecule has 5 heteroatoms. The van der Waals surface area contributed by atoms with Crippen molar-refractivity contribution in [1.82, 2.24) is 0 Å². The van der Waals surface area contributed by atoms with Gasteiger partial charge in [-0.15, -0.1) is 0 Å². The molecule has 1 fully saturated rings. The fourth-order valence-corrected chi connectivity index (χ4v) is 21.7.